The maximum Gasteiger partial charge on any atom is 0.328 e. The quantitative estimate of drug-likeness (QED) is 0.575. The molecular formula is C21H27N3O5. The van der Waals surface area contributed by atoms with E-state index in [0.29, 0.717) is 12.8 Å². The molecule has 4 amide bonds. The Labute approximate surface area is 170 Å². The molecule has 1 saturated carbocycles. The topological polar surface area (TPSA) is 96.0 Å². The third-order valence-corrected chi connectivity index (χ3v) is 5.89. The highest BCUT2D eigenvalue weighted by Crippen LogP contribution is 2.39. The van der Waals surface area contributed by atoms with Crippen LogP contribution >= 0.6 is 0 Å². The third kappa shape index (κ3) is 4.11. The zero-order valence-corrected chi connectivity index (χ0v) is 16.8. The van der Waals surface area contributed by atoms with E-state index in [9.17, 15) is 19.2 Å². The van der Waals surface area contributed by atoms with Crippen molar-refractivity contribution in [3.05, 3.63) is 35.9 Å². The van der Waals surface area contributed by atoms with Gasteiger partial charge in [0.15, 0.2) is 0 Å². The highest BCUT2D eigenvalue weighted by Gasteiger charge is 2.55. The van der Waals surface area contributed by atoms with Crippen molar-refractivity contribution in [3.8, 4) is 0 Å². The van der Waals surface area contributed by atoms with Gasteiger partial charge in [0, 0.05) is 13.5 Å². The van der Waals surface area contributed by atoms with Gasteiger partial charge < -0.3 is 15.0 Å². The lowest BCUT2D eigenvalue weighted by Gasteiger charge is -2.35. The molecule has 1 aromatic carbocycles. The summed E-state index contributed by atoms with van der Waals surface area (Å²) >= 11 is 0. The molecule has 1 heterocycles. The third-order valence-electron chi connectivity index (χ3n) is 5.89. The van der Waals surface area contributed by atoms with Gasteiger partial charge in [0.2, 0.25) is 5.91 Å². The Bertz CT molecular complexity index is 789. The van der Waals surface area contributed by atoms with E-state index in [-0.39, 0.29) is 12.3 Å². The molecule has 1 aliphatic heterocycles. The predicted molar refractivity (Wildman–Crippen MR) is 105 cm³/mol. The second kappa shape index (κ2) is 8.63. The number of ether oxygens (including phenoxy) is 1. The van der Waals surface area contributed by atoms with Gasteiger partial charge in [-0.05, 0) is 18.4 Å². The second-order valence-electron chi connectivity index (χ2n) is 7.66. The van der Waals surface area contributed by atoms with Gasteiger partial charge in [-0.1, -0.05) is 49.6 Å². The maximum absolute atomic E-state index is 13.0. The minimum Gasteiger partial charge on any atom is -0.467 e. The molecule has 0 unspecified atom stereocenters. The monoisotopic (exact) mass is 401 g/mol. The SMILES string of the molecule is COC(=O)[C@H](Cc1ccccc1)NC(=O)CN1C(=O)N(C)C2(CCCCC2)C1=O. The number of nitrogens with one attached hydrogen (secondary N) is 1. The summed E-state index contributed by atoms with van der Waals surface area (Å²) in [5.74, 6) is -1.47. The van der Waals surface area contributed by atoms with Crippen LogP contribution in [-0.2, 0) is 25.5 Å². The van der Waals surface area contributed by atoms with Crippen LogP contribution < -0.4 is 5.32 Å². The highest BCUT2D eigenvalue weighted by molar-refractivity contribution is 6.09. The molecule has 0 bridgehead atoms. The van der Waals surface area contributed by atoms with Crippen LogP contribution in [0.25, 0.3) is 0 Å². The van der Waals surface area contributed by atoms with Crippen molar-refractivity contribution in [2.45, 2.75) is 50.1 Å². The van der Waals surface area contributed by atoms with Crippen molar-refractivity contribution < 1.29 is 23.9 Å². The fraction of sp³-hybridized carbons (Fsp3) is 0.524. The summed E-state index contributed by atoms with van der Waals surface area (Å²) in [7, 11) is 2.87. The molecule has 8 nitrogen and oxygen atoms in total. The molecule has 156 valence electrons. The summed E-state index contributed by atoms with van der Waals surface area (Å²) in [6, 6.07) is 7.86. The molecular weight excluding hydrogens is 374 g/mol. The molecule has 0 aromatic heterocycles. The summed E-state index contributed by atoms with van der Waals surface area (Å²) in [5, 5.41) is 2.61. The van der Waals surface area contributed by atoms with Crippen molar-refractivity contribution in [1.29, 1.82) is 0 Å². The van der Waals surface area contributed by atoms with Gasteiger partial charge in [0.25, 0.3) is 5.91 Å². The minimum atomic E-state index is -0.899. The summed E-state index contributed by atoms with van der Waals surface area (Å²) < 4.78 is 4.80. The number of rotatable bonds is 6. The number of hydrogen-bond donors (Lipinski definition) is 1. The summed E-state index contributed by atoms with van der Waals surface area (Å²) in [6.07, 6.45) is 4.29. The van der Waals surface area contributed by atoms with Crippen LogP contribution in [0.3, 0.4) is 0 Å². The Morgan fingerprint density at radius 3 is 2.41 bits per heavy atom. The number of carbonyl (C=O) groups excluding carboxylic acids is 4. The Morgan fingerprint density at radius 1 is 1.14 bits per heavy atom. The predicted octanol–water partition coefficient (Wildman–Crippen LogP) is 1.48. The van der Waals surface area contributed by atoms with E-state index >= 15 is 0 Å². The molecule has 2 aliphatic rings. The zero-order chi connectivity index (χ0) is 21.0. The fourth-order valence-corrected chi connectivity index (χ4v) is 4.24. The summed E-state index contributed by atoms with van der Waals surface area (Å²) in [4.78, 5) is 52.8. The van der Waals surface area contributed by atoms with Crippen molar-refractivity contribution in [1.82, 2.24) is 15.1 Å². The van der Waals surface area contributed by atoms with Crippen LogP contribution in [0.5, 0.6) is 0 Å². The Balaban J connectivity index is 1.68. The van der Waals surface area contributed by atoms with Gasteiger partial charge in [-0.2, -0.15) is 0 Å². The number of nitrogens with zero attached hydrogens (tertiary/aromatic N) is 2. The molecule has 1 saturated heterocycles. The van der Waals surface area contributed by atoms with Gasteiger partial charge in [-0.15, -0.1) is 0 Å². The molecule has 8 heteroatoms. The van der Waals surface area contributed by atoms with Crippen molar-refractivity contribution in [3.63, 3.8) is 0 Å². The first-order chi connectivity index (χ1) is 13.9. The summed E-state index contributed by atoms with van der Waals surface area (Å²) in [5.41, 5.74) is 0.0268. The minimum absolute atomic E-state index is 0.255. The van der Waals surface area contributed by atoms with Crippen molar-refractivity contribution in [2.24, 2.45) is 0 Å². The van der Waals surface area contributed by atoms with Crippen LogP contribution in [0.1, 0.15) is 37.7 Å². The summed E-state index contributed by atoms with van der Waals surface area (Å²) in [6.45, 7) is -0.411. The average Bonchev–Trinajstić information content (AvgIpc) is 2.90. The van der Waals surface area contributed by atoms with E-state index in [1.807, 2.05) is 30.3 Å². The molecule has 1 atom stereocenters. The van der Waals surface area contributed by atoms with Crippen LogP contribution in [0, 0.1) is 0 Å². The molecule has 1 N–H and O–H groups in total. The molecule has 1 aliphatic carbocycles. The molecule has 2 fully saturated rings. The molecule has 29 heavy (non-hydrogen) atoms. The number of methoxy groups -OCH3 is 1. The molecule has 1 spiro atoms. The smallest absolute Gasteiger partial charge is 0.328 e. The van der Waals surface area contributed by atoms with E-state index < -0.39 is 36.0 Å². The number of carbonyl (C=O) groups is 4. The van der Waals surface area contributed by atoms with Crippen LogP contribution in [0.4, 0.5) is 4.79 Å². The van der Waals surface area contributed by atoms with Gasteiger partial charge in [0.05, 0.1) is 7.11 Å². The average molecular weight is 401 g/mol. The first-order valence-corrected chi connectivity index (χ1v) is 9.90. The van der Waals surface area contributed by atoms with E-state index in [0.717, 1.165) is 29.7 Å². The number of esters is 1. The van der Waals surface area contributed by atoms with E-state index in [4.69, 9.17) is 4.74 Å². The first kappa shape index (κ1) is 20.8. The Kier molecular flexibility index (Phi) is 6.20. The standard InChI is InChI=1S/C21H27N3O5/c1-23-20(28)24(19(27)21(23)11-7-4-8-12-21)14-17(25)22-16(18(26)29-2)13-15-9-5-3-6-10-15/h3,5-6,9-10,16H,4,7-8,11-14H2,1-2H3,(H,22,25)/t16-/m0/s1. The van der Waals surface area contributed by atoms with Crippen LogP contribution in [0.15, 0.2) is 30.3 Å². The number of hydrogen-bond acceptors (Lipinski definition) is 5. The van der Waals surface area contributed by atoms with E-state index in [1.54, 1.807) is 7.05 Å². The normalized spacial score (nSPS) is 19.4. The second-order valence-corrected chi connectivity index (χ2v) is 7.66. The van der Waals surface area contributed by atoms with Gasteiger partial charge in [0.1, 0.15) is 18.1 Å². The number of imide groups is 1. The number of likely N-dealkylation sites (N-methyl/N-ethyl adjacent to an activating group) is 1. The lowest BCUT2D eigenvalue weighted by atomic mass is 9.81. The largest absolute Gasteiger partial charge is 0.467 e. The Hall–Kier alpha value is -2.90. The van der Waals surface area contributed by atoms with Crippen LogP contribution in [-0.4, -0.2) is 65.9 Å². The van der Waals surface area contributed by atoms with Crippen molar-refractivity contribution in [2.75, 3.05) is 20.7 Å². The number of urea groups is 1. The molecule has 3 rings (SSSR count). The highest BCUT2D eigenvalue weighted by atomic mass is 16.5. The van der Waals surface area contributed by atoms with E-state index in [1.165, 1.54) is 12.0 Å². The van der Waals surface area contributed by atoms with Gasteiger partial charge in [-0.3, -0.25) is 14.5 Å². The van der Waals surface area contributed by atoms with Gasteiger partial charge in [-0.25, -0.2) is 9.59 Å². The molecule has 0 radical (unpaired) electrons. The maximum atomic E-state index is 13.0. The lowest BCUT2D eigenvalue weighted by molar-refractivity contribution is -0.145. The fourth-order valence-electron chi connectivity index (χ4n) is 4.24. The van der Waals surface area contributed by atoms with Gasteiger partial charge >= 0.3 is 12.0 Å². The van der Waals surface area contributed by atoms with Crippen LogP contribution in [0.2, 0.25) is 0 Å². The first-order valence-electron chi connectivity index (χ1n) is 9.90. The Morgan fingerprint density at radius 2 is 1.79 bits per heavy atom. The lowest BCUT2D eigenvalue weighted by Crippen LogP contribution is -2.50. The number of amides is 4. The number of benzene rings is 1. The molecule has 1 aromatic rings. The van der Waals surface area contributed by atoms with E-state index in [2.05, 4.69) is 5.32 Å². The zero-order valence-electron chi connectivity index (χ0n) is 16.8. The van der Waals surface area contributed by atoms with Crippen molar-refractivity contribution >= 4 is 23.8 Å².